The lowest BCUT2D eigenvalue weighted by Gasteiger charge is -2.25. The molecule has 0 aliphatic rings. The zero-order chi connectivity index (χ0) is 8.74. The predicted octanol–water partition coefficient (Wildman–Crippen LogP) is 1.56. The van der Waals surface area contributed by atoms with Gasteiger partial charge in [-0.05, 0) is 18.3 Å². The van der Waals surface area contributed by atoms with Crippen LogP contribution >= 0.6 is 0 Å². The highest BCUT2D eigenvalue weighted by molar-refractivity contribution is 4.72. The first-order chi connectivity index (χ1) is 5.18. The van der Waals surface area contributed by atoms with Crippen molar-refractivity contribution < 1.29 is 10.2 Å². The van der Waals surface area contributed by atoms with Crippen LogP contribution in [0, 0.1) is 5.41 Å². The van der Waals surface area contributed by atoms with E-state index in [1.54, 1.807) is 0 Å². The van der Waals surface area contributed by atoms with Crippen LogP contribution in [0.5, 0.6) is 0 Å². The Morgan fingerprint density at radius 2 is 1.82 bits per heavy atom. The normalized spacial score (nSPS) is 16.4. The van der Waals surface area contributed by atoms with Crippen molar-refractivity contribution >= 4 is 0 Å². The highest BCUT2D eigenvalue weighted by atomic mass is 16.3. The molecule has 0 fully saturated rings. The third-order valence-electron chi connectivity index (χ3n) is 2.23. The number of aliphatic hydroxyl groups excluding tert-OH is 2. The summed E-state index contributed by atoms with van der Waals surface area (Å²) in [4.78, 5) is 0. The molecule has 1 atom stereocenters. The average molecular weight is 160 g/mol. The lowest BCUT2D eigenvalue weighted by atomic mass is 9.83. The lowest BCUT2D eigenvalue weighted by molar-refractivity contribution is 0.0960. The van der Waals surface area contributed by atoms with E-state index in [9.17, 15) is 0 Å². The highest BCUT2D eigenvalue weighted by Gasteiger charge is 2.21. The first-order valence-corrected chi connectivity index (χ1v) is 4.40. The molecule has 0 aromatic heterocycles. The summed E-state index contributed by atoms with van der Waals surface area (Å²) in [6, 6.07) is 0. The van der Waals surface area contributed by atoms with E-state index in [1.165, 1.54) is 0 Å². The zero-order valence-corrected chi connectivity index (χ0v) is 7.64. The third-order valence-corrected chi connectivity index (χ3v) is 2.23. The molecule has 0 bridgehead atoms. The number of aliphatic hydroxyl groups is 2. The van der Waals surface area contributed by atoms with Crippen LogP contribution in [0.1, 0.15) is 39.5 Å². The molecule has 0 rings (SSSR count). The zero-order valence-electron chi connectivity index (χ0n) is 7.64. The van der Waals surface area contributed by atoms with Crippen LogP contribution in [0.4, 0.5) is 0 Å². The molecule has 0 aromatic rings. The number of rotatable bonds is 6. The number of hydrogen-bond acceptors (Lipinski definition) is 2. The summed E-state index contributed by atoms with van der Waals surface area (Å²) in [5.41, 5.74) is -0.0508. The summed E-state index contributed by atoms with van der Waals surface area (Å²) in [6.45, 7) is 4.53. The van der Waals surface area contributed by atoms with Crippen LogP contribution in [0.25, 0.3) is 0 Å². The molecule has 0 aromatic carbocycles. The maximum absolute atomic E-state index is 9.03. The predicted molar refractivity (Wildman–Crippen MR) is 46.4 cm³/mol. The number of unbranched alkanes of at least 4 members (excludes halogenated alkanes) is 1. The Bertz CT molecular complexity index is 93.6. The molecule has 11 heavy (non-hydrogen) atoms. The Hall–Kier alpha value is -0.0800. The summed E-state index contributed by atoms with van der Waals surface area (Å²) >= 11 is 0. The van der Waals surface area contributed by atoms with Crippen molar-refractivity contribution in [2.24, 2.45) is 5.41 Å². The van der Waals surface area contributed by atoms with E-state index in [4.69, 9.17) is 10.2 Å². The molecular weight excluding hydrogens is 140 g/mol. The molecule has 0 spiro atoms. The first-order valence-electron chi connectivity index (χ1n) is 4.40. The molecule has 0 saturated carbocycles. The van der Waals surface area contributed by atoms with Gasteiger partial charge in [-0.25, -0.2) is 0 Å². The molecule has 68 valence electrons. The van der Waals surface area contributed by atoms with Gasteiger partial charge < -0.3 is 10.2 Å². The fraction of sp³-hybridized carbons (Fsp3) is 1.00. The van der Waals surface area contributed by atoms with Crippen LogP contribution in [-0.4, -0.2) is 23.4 Å². The molecule has 2 nitrogen and oxygen atoms in total. The van der Waals surface area contributed by atoms with Gasteiger partial charge in [-0.1, -0.05) is 26.7 Å². The summed E-state index contributed by atoms with van der Waals surface area (Å²) in [6.07, 6.45) is 4.02. The lowest BCUT2D eigenvalue weighted by Crippen LogP contribution is -2.22. The molecule has 0 aliphatic carbocycles. The SMILES string of the molecule is CCCCC(C)(CO)CCO. The summed E-state index contributed by atoms with van der Waals surface area (Å²) in [7, 11) is 0. The van der Waals surface area contributed by atoms with E-state index in [-0.39, 0.29) is 18.6 Å². The van der Waals surface area contributed by atoms with E-state index < -0.39 is 0 Å². The fourth-order valence-corrected chi connectivity index (χ4v) is 1.16. The van der Waals surface area contributed by atoms with Crippen molar-refractivity contribution in [3.05, 3.63) is 0 Å². The van der Waals surface area contributed by atoms with E-state index in [0.29, 0.717) is 6.42 Å². The summed E-state index contributed by atoms with van der Waals surface area (Å²) in [5, 5.41) is 17.8. The Balaban J connectivity index is 3.68. The smallest absolute Gasteiger partial charge is 0.0485 e. The topological polar surface area (TPSA) is 40.5 Å². The van der Waals surface area contributed by atoms with Gasteiger partial charge in [0.25, 0.3) is 0 Å². The molecule has 2 heteroatoms. The second-order valence-electron chi connectivity index (χ2n) is 3.55. The summed E-state index contributed by atoms with van der Waals surface area (Å²) < 4.78 is 0. The maximum atomic E-state index is 9.03. The first kappa shape index (κ1) is 10.9. The minimum Gasteiger partial charge on any atom is -0.396 e. The van der Waals surface area contributed by atoms with Crippen LogP contribution < -0.4 is 0 Å². The van der Waals surface area contributed by atoms with Gasteiger partial charge >= 0.3 is 0 Å². The van der Waals surface area contributed by atoms with Crippen LogP contribution in [0.2, 0.25) is 0 Å². The third kappa shape index (κ3) is 4.38. The monoisotopic (exact) mass is 160 g/mol. The highest BCUT2D eigenvalue weighted by Crippen LogP contribution is 2.26. The van der Waals surface area contributed by atoms with Gasteiger partial charge in [0.1, 0.15) is 0 Å². The van der Waals surface area contributed by atoms with Crippen molar-refractivity contribution in [3.8, 4) is 0 Å². The van der Waals surface area contributed by atoms with E-state index >= 15 is 0 Å². The van der Waals surface area contributed by atoms with Gasteiger partial charge in [0.05, 0.1) is 0 Å². The summed E-state index contributed by atoms with van der Waals surface area (Å²) in [5.74, 6) is 0. The van der Waals surface area contributed by atoms with Crippen molar-refractivity contribution in [1.82, 2.24) is 0 Å². The standard InChI is InChI=1S/C9H20O2/c1-3-4-5-9(2,8-11)6-7-10/h10-11H,3-8H2,1-2H3. The van der Waals surface area contributed by atoms with Crippen molar-refractivity contribution in [1.29, 1.82) is 0 Å². The Morgan fingerprint density at radius 1 is 1.18 bits per heavy atom. The van der Waals surface area contributed by atoms with Crippen molar-refractivity contribution in [2.75, 3.05) is 13.2 Å². The molecule has 0 saturated heterocycles. The van der Waals surface area contributed by atoms with Gasteiger partial charge in [0, 0.05) is 13.2 Å². The molecule has 2 N–H and O–H groups in total. The molecule has 0 amide bonds. The van der Waals surface area contributed by atoms with Crippen LogP contribution in [0.15, 0.2) is 0 Å². The van der Waals surface area contributed by atoms with Crippen molar-refractivity contribution in [3.63, 3.8) is 0 Å². The fourth-order valence-electron chi connectivity index (χ4n) is 1.16. The van der Waals surface area contributed by atoms with Crippen molar-refractivity contribution in [2.45, 2.75) is 39.5 Å². The quantitative estimate of drug-likeness (QED) is 0.619. The van der Waals surface area contributed by atoms with E-state index in [2.05, 4.69) is 6.92 Å². The van der Waals surface area contributed by atoms with E-state index in [0.717, 1.165) is 19.3 Å². The minimum absolute atomic E-state index is 0.0508. The van der Waals surface area contributed by atoms with Gasteiger partial charge in [-0.3, -0.25) is 0 Å². The Morgan fingerprint density at radius 3 is 2.18 bits per heavy atom. The molecule has 0 aliphatic heterocycles. The molecular formula is C9H20O2. The maximum Gasteiger partial charge on any atom is 0.0485 e. The minimum atomic E-state index is -0.0508. The second-order valence-corrected chi connectivity index (χ2v) is 3.55. The Labute approximate surface area is 69.2 Å². The number of hydrogen-bond donors (Lipinski definition) is 2. The molecule has 0 radical (unpaired) electrons. The average Bonchev–Trinajstić information content (AvgIpc) is 2.02. The van der Waals surface area contributed by atoms with Crippen LogP contribution in [-0.2, 0) is 0 Å². The van der Waals surface area contributed by atoms with Gasteiger partial charge in [0.2, 0.25) is 0 Å². The van der Waals surface area contributed by atoms with Crippen LogP contribution in [0.3, 0.4) is 0 Å². The van der Waals surface area contributed by atoms with E-state index in [1.807, 2.05) is 6.92 Å². The molecule has 1 unspecified atom stereocenters. The second kappa shape index (κ2) is 5.56. The van der Waals surface area contributed by atoms with Gasteiger partial charge in [0.15, 0.2) is 0 Å². The Kier molecular flexibility index (Phi) is 5.51. The van der Waals surface area contributed by atoms with Gasteiger partial charge in [-0.15, -0.1) is 0 Å². The molecule has 0 heterocycles. The van der Waals surface area contributed by atoms with Gasteiger partial charge in [-0.2, -0.15) is 0 Å². The largest absolute Gasteiger partial charge is 0.396 e.